The van der Waals surface area contributed by atoms with E-state index in [0.717, 1.165) is 48.9 Å². The van der Waals surface area contributed by atoms with Crippen molar-refractivity contribution in [1.82, 2.24) is 18.3 Å². The molecule has 0 saturated carbocycles. The molecule has 1 aliphatic rings. The molecular formula is C32H32N8+4. The van der Waals surface area contributed by atoms with Crippen LogP contribution < -0.4 is 18.3 Å². The SMILES string of the molecule is C1=CC[n+]2ccn(c2)-c2cccc(c2)-n2cc[n+](c2)CC=CC[n+]2ccn(c2)-c2cccc(c2)-n2cc[n+](c2)C1. The standard InChI is InChI=1S/C32H32N8/c1-2-12-34-16-20-38(26-34)30-8-6-10-32(24-30)40-22-18-36(28-40)14-4-3-13-35-17-21-39(27-35)31-9-5-7-29(23-31)37-19-15-33(11-1)25-37/h1-10,15-28H,11-14H2/q+4. The third-order valence-corrected chi connectivity index (χ3v) is 7.22. The molecule has 0 aliphatic carbocycles. The van der Waals surface area contributed by atoms with Gasteiger partial charge in [-0.15, -0.1) is 0 Å². The topological polar surface area (TPSA) is 35.2 Å². The van der Waals surface area contributed by atoms with Crippen molar-refractivity contribution in [2.24, 2.45) is 0 Å². The van der Waals surface area contributed by atoms with Crippen LogP contribution in [0.4, 0.5) is 0 Å². The highest BCUT2D eigenvalue weighted by atomic mass is 15.1. The lowest BCUT2D eigenvalue weighted by atomic mass is 10.2. The molecule has 0 saturated heterocycles. The second kappa shape index (κ2) is 10.5. The monoisotopic (exact) mass is 528 g/mol. The molecule has 0 spiro atoms. The van der Waals surface area contributed by atoms with Crippen molar-refractivity contribution in [3.63, 3.8) is 0 Å². The van der Waals surface area contributed by atoms with Crippen LogP contribution in [0.3, 0.4) is 0 Å². The van der Waals surface area contributed by atoms with Gasteiger partial charge in [0.15, 0.2) is 0 Å². The van der Waals surface area contributed by atoms with E-state index in [9.17, 15) is 0 Å². The van der Waals surface area contributed by atoms with E-state index in [1.807, 2.05) is 0 Å². The first-order valence-electron chi connectivity index (χ1n) is 13.6. The molecule has 4 aromatic heterocycles. The molecule has 0 radical (unpaired) electrons. The van der Waals surface area contributed by atoms with Gasteiger partial charge in [-0.1, -0.05) is 12.1 Å². The number of hydrogen-bond acceptors (Lipinski definition) is 0. The van der Waals surface area contributed by atoms with Crippen LogP contribution in [0.25, 0.3) is 22.7 Å². The fourth-order valence-electron chi connectivity index (χ4n) is 5.03. The van der Waals surface area contributed by atoms with Gasteiger partial charge in [-0.2, -0.15) is 0 Å². The second-order valence-electron chi connectivity index (χ2n) is 10.1. The van der Waals surface area contributed by atoms with Crippen molar-refractivity contribution in [2.45, 2.75) is 26.2 Å². The zero-order valence-electron chi connectivity index (χ0n) is 22.3. The maximum Gasteiger partial charge on any atom is 0.249 e. The molecule has 0 unspecified atom stereocenters. The summed E-state index contributed by atoms with van der Waals surface area (Å²) in [5.41, 5.74) is 4.52. The number of imidazole rings is 4. The van der Waals surface area contributed by atoms with Crippen molar-refractivity contribution >= 4 is 0 Å². The first-order chi connectivity index (χ1) is 19.8. The molecule has 0 N–H and O–H groups in total. The summed E-state index contributed by atoms with van der Waals surface area (Å²) in [6, 6.07) is 17.2. The van der Waals surface area contributed by atoms with Crippen LogP contribution in [-0.4, -0.2) is 18.3 Å². The summed E-state index contributed by atoms with van der Waals surface area (Å²) >= 11 is 0. The van der Waals surface area contributed by atoms with Crippen LogP contribution in [-0.2, 0) is 26.2 Å². The molecule has 1 aliphatic heterocycles. The van der Waals surface area contributed by atoms with Crippen LogP contribution in [0.15, 0.2) is 148 Å². The number of hydrogen-bond donors (Lipinski definition) is 0. The Hall–Kier alpha value is -5.24. The van der Waals surface area contributed by atoms with E-state index < -0.39 is 0 Å². The molecule has 6 aromatic rings. The number of benzene rings is 2. The molecule has 2 aromatic carbocycles. The Bertz CT molecular complexity index is 1570. The molecule has 196 valence electrons. The molecule has 0 amide bonds. The van der Waals surface area contributed by atoms with E-state index in [1.165, 1.54) is 0 Å². The van der Waals surface area contributed by atoms with Gasteiger partial charge < -0.3 is 0 Å². The molecule has 0 fully saturated rings. The van der Waals surface area contributed by atoms with Crippen LogP contribution in [0.1, 0.15) is 0 Å². The van der Waals surface area contributed by atoms with Gasteiger partial charge in [0, 0.05) is 12.1 Å². The van der Waals surface area contributed by atoms with E-state index in [2.05, 4.69) is 184 Å². The molecule has 12 bridgehead atoms. The number of allylic oxidation sites excluding steroid dienone is 4. The predicted molar refractivity (Wildman–Crippen MR) is 149 cm³/mol. The lowest BCUT2D eigenvalue weighted by molar-refractivity contribution is -0.690. The Balaban J connectivity index is 1.19. The molecule has 8 nitrogen and oxygen atoms in total. The third-order valence-electron chi connectivity index (χ3n) is 7.22. The molecule has 7 rings (SSSR count). The van der Waals surface area contributed by atoms with Gasteiger partial charge in [-0.3, -0.25) is 0 Å². The molecule has 5 heterocycles. The first-order valence-corrected chi connectivity index (χ1v) is 13.6. The van der Waals surface area contributed by atoms with Crippen molar-refractivity contribution in [3.05, 3.63) is 148 Å². The van der Waals surface area contributed by atoms with Crippen molar-refractivity contribution in [2.75, 3.05) is 0 Å². The van der Waals surface area contributed by atoms with E-state index in [4.69, 9.17) is 0 Å². The lowest BCUT2D eigenvalue weighted by Gasteiger charge is -1.99. The summed E-state index contributed by atoms with van der Waals surface area (Å²) in [4.78, 5) is 0. The van der Waals surface area contributed by atoms with E-state index in [-0.39, 0.29) is 0 Å². The molecule has 0 atom stereocenters. The predicted octanol–water partition coefficient (Wildman–Crippen LogP) is 2.83. The van der Waals surface area contributed by atoms with Crippen molar-refractivity contribution in [1.29, 1.82) is 0 Å². The fourth-order valence-corrected chi connectivity index (χ4v) is 5.03. The Morgan fingerprint density at radius 2 is 0.675 bits per heavy atom. The summed E-state index contributed by atoms with van der Waals surface area (Å²) < 4.78 is 17.4. The fraction of sp³-hybridized carbons (Fsp3) is 0.125. The Morgan fingerprint density at radius 3 is 0.950 bits per heavy atom. The lowest BCUT2D eigenvalue weighted by Crippen LogP contribution is -2.31. The number of nitrogens with zero attached hydrogens (tertiary/aromatic N) is 8. The van der Waals surface area contributed by atoms with Crippen LogP contribution in [0, 0.1) is 0 Å². The maximum absolute atomic E-state index is 2.21. The van der Waals surface area contributed by atoms with E-state index >= 15 is 0 Å². The maximum atomic E-state index is 2.21. The summed E-state index contributed by atoms with van der Waals surface area (Å²) in [5, 5.41) is 0. The van der Waals surface area contributed by atoms with Gasteiger partial charge in [0.2, 0.25) is 25.3 Å². The Labute approximate surface area is 233 Å². The molecule has 8 heteroatoms. The highest BCUT2D eigenvalue weighted by Crippen LogP contribution is 2.14. The van der Waals surface area contributed by atoms with Crippen LogP contribution in [0.5, 0.6) is 0 Å². The molecular weight excluding hydrogens is 496 g/mol. The van der Waals surface area contributed by atoms with Crippen molar-refractivity contribution in [3.8, 4) is 22.7 Å². The minimum Gasteiger partial charge on any atom is -0.233 e. The average molecular weight is 529 g/mol. The van der Waals surface area contributed by atoms with Crippen molar-refractivity contribution < 1.29 is 18.3 Å². The van der Waals surface area contributed by atoms with Gasteiger partial charge in [0.25, 0.3) is 0 Å². The van der Waals surface area contributed by atoms with Gasteiger partial charge >= 0.3 is 0 Å². The van der Waals surface area contributed by atoms with Gasteiger partial charge in [0.05, 0.1) is 0 Å². The van der Waals surface area contributed by atoms with Crippen LogP contribution >= 0.6 is 0 Å². The first kappa shape index (κ1) is 23.8. The number of aromatic nitrogens is 8. The smallest absolute Gasteiger partial charge is 0.233 e. The Kier molecular flexibility index (Phi) is 6.26. The summed E-state index contributed by atoms with van der Waals surface area (Å²) in [7, 11) is 0. The number of fused-ring (bicyclic) bond motifs is 16. The summed E-state index contributed by atoms with van der Waals surface area (Å²) in [6.45, 7) is 3.27. The van der Waals surface area contributed by atoms with Crippen LogP contribution in [0.2, 0.25) is 0 Å². The van der Waals surface area contributed by atoms with Gasteiger partial charge in [-0.05, 0) is 48.6 Å². The third kappa shape index (κ3) is 5.07. The zero-order valence-corrected chi connectivity index (χ0v) is 22.3. The van der Waals surface area contributed by atoms with E-state index in [0.29, 0.717) is 0 Å². The van der Waals surface area contributed by atoms with Gasteiger partial charge in [0.1, 0.15) is 98.5 Å². The highest BCUT2D eigenvalue weighted by molar-refractivity contribution is 5.44. The normalized spacial score (nSPS) is 13.4. The second-order valence-corrected chi connectivity index (χ2v) is 10.1. The minimum absolute atomic E-state index is 0.817. The zero-order chi connectivity index (χ0) is 26.7. The largest absolute Gasteiger partial charge is 0.249 e. The molecule has 40 heavy (non-hydrogen) atoms. The number of rotatable bonds is 0. The summed E-state index contributed by atoms with van der Waals surface area (Å²) in [5.74, 6) is 0. The Morgan fingerprint density at radius 1 is 0.400 bits per heavy atom. The highest BCUT2D eigenvalue weighted by Gasteiger charge is 2.13. The average Bonchev–Trinajstić information content (AvgIpc) is 3.81. The minimum atomic E-state index is 0.817. The quantitative estimate of drug-likeness (QED) is 0.215. The van der Waals surface area contributed by atoms with Gasteiger partial charge in [-0.25, -0.2) is 36.5 Å². The summed E-state index contributed by atoms with van der Waals surface area (Å²) in [6.07, 6.45) is 34.3. The van der Waals surface area contributed by atoms with E-state index in [1.54, 1.807) is 0 Å².